The summed E-state index contributed by atoms with van der Waals surface area (Å²) in [6.07, 6.45) is 4.59. The number of aromatic nitrogens is 2. The molecule has 0 saturated carbocycles. The van der Waals surface area contributed by atoms with Gasteiger partial charge in [0.05, 0.1) is 5.02 Å². The van der Waals surface area contributed by atoms with E-state index >= 15 is 0 Å². The molecule has 0 amide bonds. The molecule has 2 aromatic heterocycles. The van der Waals surface area contributed by atoms with Gasteiger partial charge in [0.25, 0.3) is 0 Å². The molecule has 0 aliphatic rings. The number of benzene rings is 1. The van der Waals surface area contributed by atoms with Crippen molar-refractivity contribution in [2.24, 2.45) is 5.73 Å². The summed E-state index contributed by atoms with van der Waals surface area (Å²) < 4.78 is 0. The van der Waals surface area contributed by atoms with Crippen molar-refractivity contribution in [2.45, 2.75) is 12.3 Å². The van der Waals surface area contributed by atoms with Gasteiger partial charge in [-0.15, -0.1) is 0 Å². The summed E-state index contributed by atoms with van der Waals surface area (Å²) >= 11 is 6.34. The summed E-state index contributed by atoms with van der Waals surface area (Å²) in [6, 6.07) is 12.2. The van der Waals surface area contributed by atoms with Crippen molar-refractivity contribution in [3.63, 3.8) is 0 Å². The normalized spacial score (nSPS) is 12.7. The van der Waals surface area contributed by atoms with Crippen molar-refractivity contribution >= 4 is 22.6 Å². The minimum absolute atomic E-state index is 0.233. The number of pyridine rings is 1. The van der Waals surface area contributed by atoms with E-state index in [1.807, 2.05) is 30.5 Å². The largest absolute Gasteiger partial charge is 0.346 e. The molecule has 3 aromatic rings. The maximum atomic E-state index is 6.34. The highest BCUT2D eigenvalue weighted by molar-refractivity contribution is 6.35. The Morgan fingerprint density at radius 2 is 2.00 bits per heavy atom. The van der Waals surface area contributed by atoms with Crippen molar-refractivity contribution < 1.29 is 0 Å². The summed E-state index contributed by atoms with van der Waals surface area (Å²) in [5.41, 5.74) is 9.03. The van der Waals surface area contributed by atoms with Gasteiger partial charge in [0.15, 0.2) is 0 Å². The zero-order valence-electron chi connectivity index (χ0n) is 11.0. The summed E-state index contributed by atoms with van der Waals surface area (Å²) in [6.45, 7) is 0.629. The Bertz CT molecular complexity index is 706. The van der Waals surface area contributed by atoms with Crippen molar-refractivity contribution in [1.82, 2.24) is 9.97 Å². The van der Waals surface area contributed by atoms with Crippen LogP contribution in [0, 0.1) is 0 Å². The molecule has 0 aliphatic carbocycles. The Morgan fingerprint density at radius 3 is 2.75 bits per heavy atom. The highest BCUT2D eigenvalue weighted by atomic mass is 35.5. The van der Waals surface area contributed by atoms with E-state index in [0.717, 1.165) is 28.0 Å². The van der Waals surface area contributed by atoms with E-state index in [1.54, 1.807) is 6.20 Å². The second-order valence-corrected chi connectivity index (χ2v) is 5.21. The van der Waals surface area contributed by atoms with Gasteiger partial charge in [-0.3, -0.25) is 0 Å². The average molecular weight is 286 g/mol. The molecule has 0 spiro atoms. The van der Waals surface area contributed by atoms with Crippen LogP contribution < -0.4 is 5.73 Å². The SMILES string of the molecule is NCCC(c1ccccc1)c1c[nH]c2nccc(Cl)c12. The summed E-state index contributed by atoms with van der Waals surface area (Å²) in [5.74, 6) is 0.233. The fourth-order valence-electron chi connectivity index (χ4n) is 2.67. The van der Waals surface area contributed by atoms with Gasteiger partial charge in [-0.2, -0.15) is 0 Å². The van der Waals surface area contributed by atoms with E-state index in [-0.39, 0.29) is 5.92 Å². The molecule has 0 saturated heterocycles. The number of H-pyrrole nitrogens is 1. The standard InChI is InChI=1S/C16H16ClN3/c17-14-7-9-19-16-15(14)13(10-20-16)12(6-8-18)11-4-2-1-3-5-11/h1-5,7,9-10,12H,6,8,18H2,(H,19,20). The molecule has 0 aliphatic heterocycles. The van der Waals surface area contributed by atoms with Crippen LogP contribution in [-0.2, 0) is 0 Å². The van der Waals surface area contributed by atoms with Gasteiger partial charge in [-0.1, -0.05) is 41.9 Å². The lowest BCUT2D eigenvalue weighted by atomic mass is 9.88. The first kappa shape index (κ1) is 13.2. The van der Waals surface area contributed by atoms with E-state index in [9.17, 15) is 0 Å². The molecular weight excluding hydrogens is 270 g/mol. The predicted molar refractivity (Wildman–Crippen MR) is 83.1 cm³/mol. The summed E-state index contributed by atoms with van der Waals surface area (Å²) in [4.78, 5) is 7.53. The lowest BCUT2D eigenvalue weighted by Crippen LogP contribution is -2.08. The molecule has 20 heavy (non-hydrogen) atoms. The smallest absolute Gasteiger partial charge is 0.139 e. The average Bonchev–Trinajstić information content (AvgIpc) is 2.91. The predicted octanol–water partition coefficient (Wildman–Crippen LogP) is 3.70. The highest BCUT2D eigenvalue weighted by Gasteiger charge is 2.19. The second kappa shape index (κ2) is 5.65. The van der Waals surface area contributed by atoms with Crippen molar-refractivity contribution in [2.75, 3.05) is 6.54 Å². The molecule has 1 unspecified atom stereocenters. The zero-order valence-corrected chi connectivity index (χ0v) is 11.8. The van der Waals surface area contributed by atoms with Gasteiger partial charge < -0.3 is 10.7 Å². The van der Waals surface area contributed by atoms with Gasteiger partial charge in [-0.05, 0) is 30.2 Å². The van der Waals surface area contributed by atoms with Crippen LogP contribution in [0.15, 0.2) is 48.8 Å². The second-order valence-electron chi connectivity index (χ2n) is 4.80. The van der Waals surface area contributed by atoms with Crippen molar-refractivity contribution in [3.05, 3.63) is 64.9 Å². The van der Waals surface area contributed by atoms with Crippen LogP contribution in [0.3, 0.4) is 0 Å². The lowest BCUT2D eigenvalue weighted by Gasteiger charge is -2.16. The van der Waals surface area contributed by atoms with Crippen LogP contribution in [0.1, 0.15) is 23.5 Å². The third-order valence-electron chi connectivity index (χ3n) is 3.59. The summed E-state index contributed by atoms with van der Waals surface area (Å²) in [7, 11) is 0. The molecule has 3 nitrogen and oxygen atoms in total. The molecule has 0 radical (unpaired) electrons. The van der Waals surface area contributed by atoms with E-state index in [0.29, 0.717) is 6.54 Å². The fourth-order valence-corrected chi connectivity index (χ4v) is 2.92. The minimum atomic E-state index is 0.233. The molecule has 4 heteroatoms. The quantitative estimate of drug-likeness (QED) is 0.768. The van der Waals surface area contributed by atoms with Gasteiger partial charge in [-0.25, -0.2) is 4.98 Å². The lowest BCUT2D eigenvalue weighted by molar-refractivity contribution is 0.731. The third kappa shape index (κ3) is 2.30. The van der Waals surface area contributed by atoms with Crippen LogP contribution in [0.4, 0.5) is 0 Å². The van der Waals surface area contributed by atoms with Gasteiger partial charge in [0.2, 0.25) is 0 Å². The van der Waals surface area contributed by atoms with Crippen LogP contribution in [0.5, 0.6) is 0 Å². The van der Waals surface area contributed by atoms with Crippen LogP contribution >= 0.6 is 11.6 Å². The van der Waals surface area contributed by atoms with Crippen molar-refractivity contribution in [3.8, 4) is 0 Å². The Labute approximate surface area is 122 Å². The van der Waals surface area contributed by atoms with Crippen molar-refractivity contribution in [1.29, 1.82) is 0 Å². The number of rotatable bonds is 4. The Morgan fingerprint density at radius 1 is 1.20 bits per heavy atom. The number of halogens is 1. The number of nitrogens with one attached hydrogen (secondary N) is 1. The van der Waals surface area contributed by atoms with Crippen LogP contribution in [0.2, 0.25) is 5.02 Å². The molecule has 3 rings (SSSR count). The number of fused-ring (bicyclic) bond motifs is 1. The molecule has 0 bridgehead atoms. The van der Waals surface area contributed by atoms with Gasteiger partial charge in [0.1, 0.15) is 5.65 Å². The molecule has 3 N–H and O–H groups in total. The molecule has 1 atom stereocenters. The first-order valence-electron chi connectivity index (χ1n) is 6.67. The van der Waals surface area contributed by atoms with Gasteiger partial charge >= 0.3 is 0 Å². The monoisotopic (exact) mass is 285 g/mol. The third-order valence-corrected chi connectivity index (χ3v) is 3.90. The first-order chi connectivity index (χ1) is 9.81. The first-order valence-corrected chi connectivity index (χ1v) is 7.05. The molecule has 1 aromatic carbocycles. The number of nitrogens with zero attached hydrogens (tertiary/aromatic N) is 1. The van der Waals surface area contributed by atoms with E-state index in [1.165, 1.54) is 5.56 Å². The Balaban J connectivity index is 2.15. The fraction of sp³-hybridized carbons (Fsp3) is 0.188. The van der Waals surface area contributed by atoms with E-state index in [2.05, 4.69) is 22.1 Å². The zero-order chi connectivity index (χ0) is 13.9. The van der Waals surface area contributed by atoms with Crippen LogP contribution in [0.25, 0.3) is 11.0 Å². The number of nitrogens with two attached hydrogens (primary N) is 1. The number of aromatic amines is 1. The Hall–Kier alpha value is -1.84. The molecular formula is C16H16ClN3. The molecule has 2 heterocycles. The molecule has 0 fully saturated rings. The number of hydrogen-bond acceptors (Lipinski definition) is 2. The molecule has 102 valence electrons. The maximum Gasteiger partial charge on any atom is 0.139 e. The highest BCUT2D eigenvalue weighted by Crippen LogP contribution is 2.35. The summed E-state index contributed by atoms with van der Waals surface area (Å²) in [5, 5.41) is 1.72. The van der Waals surface area contributed by atoms with E-state index < -0.39 is 0 Å². The number of hydrogen-bond donors (Lipinski definition) is 2. The van der Waals surface area contributed by atoms with Crippen LogP contribution in [-0.4, -0.2) is 16.5 Å². The minimum Gasteiger partial charge on any atom is -0.346 e. The topological polar surface area (TPSA) is 54.7 Å². The van der Waals surface area contributed by atoms with Gasteiger partial charge in [0, 0.05) is 23.7 Å². The maximum absolute atomic E-state index is 6.34. The van der Waals surface area contributed by atoms with E-state index in [4.69, 9.17) is 17.3 Å². The Kier molecular flexibility index (Phi) is 3.72.